The number of nitrogens with zero attached hydrogens (tertiary/aromatic N) is 4. The largest absolute Gasteiger partial charge is 0.390 e. The average Bonchev–Trinajstić information content (AvgIpc) is 3.07. The van der Waals surface area contributed by atoms with E-state index in [4.69, 9.17) is 9.63 Å². The maximum Gasteiger partial charge on any atom is 0.147 e. The van der Waals surface area contributed by atoms with Gasteiger partial charge in [-0.05, 0) is 19.8 Å². The van der Waals surface area contributed by atoms with E-state index in [2.05, 4.69) is 20.0 Å². The summed E-state index contributed by atoms with van der Waals surface area (Å²) in [5.41, 5.74) is 1.53. The fourth-order valence-electron chi connectivity index (χ4n) is 2.47. The molecule has 1 fully saturated rings. The van der Waals surface area contributed by atoms with Crippen molar-refractivity contribution in [3.05, 3.63) is 35.6 Å². The molecule has 0 aromatic carbocycles. The summed E-state index contributed by atoms with van der Waals surface area (Å²) in [6, 6.07) is 2.17. The summed E-state index contributed by atoms with van der Waals surface area (Å²) in [5, 5.41) is 13.1. The Bertz CT molecular complexity index is 552. The first kappa shape index (κ1) is 12.1. The van der Waals surface area contributed by atoms with Crippen molar-refractivity contribution >= 4 is 5.82 Å². The Kier molecular flexibility index (Phi) is 3.16. The van der Waals surface area contributed by atoms with Crippen molar-refractivity contribution in [3.63, 3.8) is 0 Å². The van der Waals surface area contributed by atoms with Gasteiger partial charge in [0.05, 0.1) is 30.7 Å². The summed E-state index contributed by atoms with van der Waals surface area (Å²) in [4.78, 5) is 10.7. The SMILES string of the molecule is Cc1cc(C2CCCN2c2cnc(CO)cn2)no1. The van der Waals surface area contributed by atoms with E-state index < -0.39 is 0 Å². The van der Waals surface area contributed by atoms with Crippen LogP contribution in [0.2, 0.25) is 0 Å². The van der Waals surface area contributed by atoms with Crippen molar-refractivity contribution in [3.8, 4) is 0 Å². The van der Waals surface area contributed by atoms with Gasteiger partial charge in [-0.3, -0.25) is 4.98 Å². The first-order valence-electron chi connectivity index (χ1n) is 6.39. The molecule has 19 heavy (non-hydrogen) atoms. The van der Waals surface area contributed by atoms with Crippen LogP contribution >= 0.6 is 0 Å². The third-order valence-electron chi connectivity index (χ3n) is 3.39. The molecule has 0 amide bonds. The monoisotopic (exact) mass is 260 g/mol. The summed E-state index contributed by atoms with van der Waals surface area (Å²) in [5.74, 6) is 1.64. The highest BCUT2D eigenvalue weighted by atomic mass is 16.5. The fourth-order valence-corrected chi connectivity index (χ4v) is 2.47. The van der Waals surface area contributed by atoms with Crippen molar-refractivity contribution in [2.45, 2.75) is 32.4 Å². The minimum Gasteiger partial charge on any atom is -0.390 e. The molecule has 0 radical (unpaired) electrons. The second-order valence-corrected chi connectivity index (χ2v) is 4.74. The maximum absolute atomic E-state index is 8.99. The summed E-state index contributed by atoms with van der Waals surface area (Å²) in [6.45, 7) is 2.74. The number of aromatic nitrogens is 3. The van der Waals surface area contributed by atoms with Gasteiger partial charge in [-0.1, -0.05) is 5.16 Å². The zero-order valence-corrected chi connectivity index (χ0v) is 10.8. The van der Waals surface area contributed by atoms with Crippen molar-refractivity contribution in [1.29, 1.82) is 0 Å². The van der Waals surface area contributed by atoms with E-state index in [1.165, 1.54) is 0 Å². The molecule has 1 unspecified atom stereocenters. The summed E-state index contributed by atoms with van der Waals surface area (Å²) < 4.78 is 5.15. The lowest BCUT2D eigenvalue weighted by Crippen LogP contribution is -2.24. The van der Waals surface area contributed by atoms with Crippen LogP contribution in [0.25, 0.3) is 0 Å². The Labute approximate surface area is 111 Å². The molecule has 3 heterocycles. The quantitative estimate of drug-likeness (QED) is 0.903. The van der Waals surface area contributed by atoms with Gasteiger partial charge in [-0.15, -0.1) is 0 Å². The van der Waals surface area contributed by atoms with Gasteiger partial charge in [0.2, 0.25) is 0 Å². The lowest BCUT2D eigenvalue weighted by molar-refractivity contribution is 0.276. The van der Waals surface area contributed by atoms with Crippen molar-refractivity contribution in [1.82, 2.24) is 15.1 Å². The Morgan fingerprint density at radius 1 is 1.42 bits per heavy atom. The van der Waals surface area contributed by atoms with Gasteiger partial charge in [-0.2, -0.15) is 0 Å². The first-order valence-corrected chi connectivity index (χ1v) is 6.39. The van der Waals surface area contributed by atoms with Gasteiger partial charge >= 0.3 is 0 Å². The molecule has 1 atom stereocenters. The maximum atomic E-state index is 8.99. The summed E-state index contributed by atoms with van der Waals surface area (Å²) >= 11 is 0. The minimum atomic E-state index is -0.0841. The number of aliphatic hydroxyl groups excluding tert-OH is 1. The van der Waals surface area contributed by atoms with E-state index in [1.807, 2.05) is 13.0 Å². The summed E-state index contributed by atoms with van der Waals surface area (Å²) in [6.07, 6.45) is 5.45. The van der Waals surface area contributed by atoms with Gasteiger partial charge in [0, 0.05) is 12.6 Å². The van der Waals surface area contributed by atoms with E-state index in [0.29, 0.717) is 5.69 Å². The average molecular weight is 260 g/mol. The third-order valence-corrected chi connectivity index (χ3v) is 3.39. The molecule has 1 aliphatic rings. The lowest BCUT2D eigenvalue weighted by atomic mass is 10.1. The van der Waals surface area contributed by atoms with Crippen molar-refractivity contribution < 1.29 is 9.63 Å². The van der Waals surface area contributed by atoms with E-state index in [1.54, 1.807) is 12.4 Å². The molecular weight excluding hydrogens is 244 g/mol. The predicted octanol–water partition coefficient (Wildman–Crippen LogP) is 1.61. The second-order valence-electron chi connectivity index (χ2n) is 4.74. The molecule has 0 saturated carbocycles. The molecule has 1 N–H and O–H groups in total. The number of aryl methyl sites for hydroxylation is 1. The van der Waals surface area contributed by atoms with Gasteiger partial charge in [-0.25, -0.2) is 4.98 Å². The topological polar surface area (TPSA) is 75.3 Å². The molecule has 100 valence electrons. The van der Waals surface area contributed by atoms with Crippen molar-refractivity contribution in [2.75, 3.05) is 11.4 Å². The smallest absolute Gasteiger partial charge is 0.147 e. The van der Waals surface area contributed by atoms with Crippen LogP contribution in [-0.4, -0.2) is 26.8 Å². The number of aliphatic hydroxyl groups is 1. The number of hydrogen-bond acceptors (Lipinski definition) is 6. The molecule has 0 bridgehead atoms. The molecular formula is C13H16N4O2. The van der Waals surface area contributed by atoms with Crippen LogP contribution in [0.1, 0.15) is 36.0 Å². The van der Waals surface area contributed by atoms with E-state index in [9.17, 15) is 0 Å². The zero-order chi connectivity index (χ0) is 13.2. The van der Waals surface area contributed by atoms with E-state index >= 15 is 0 Å². The standard InChI is InChI=1S/C13H16N4O2/c1-9-5-11(16-19-9)12-3-2-4-17(12)13-7-14-10(8-18)6-15-13/h5-7,12,18H,2-4,8H2,1H3. The van der Waals surface area contributed by atoms with E-state index in [0.717, 1.165) is 36.7 Å². The minimum absolute atomic E-state index is 0.0841. The highest BCUT2D eigenvalue weighted by Crippen LogP contribution is 2.34. The second kappa shape index (κ2) is 4.97. The molecule has 3 rings (SSSR count). The zero-order valence-electron chi connectivity index (χ0n) is 10.8. The van der Waals surface area contributed by atoms with Crippen LogP contribution in [0.15, 0.2) is 23.0 Å². The Hall–Kier alpha value is -1.95. The van der Waals surface area contributed by atoms with Crippen LogP contribution in [0.3, 0.4) is 0 Å². The van der Waals surface area contributed by atoms with Crippen LogP contribution in [-0.2, 0) is 6.61 Å². The molecule has 2 aromatic rings. The highest BCUT2D eigenvalue weighted by Gasteiger charge is 2.29. The van der Waals surface area contributed by atoms with Gasteiger partial charge in [0.25, 0.3) is 0 Å². The third kappa shape index (κ3) is 2.31. The number of rotatable bonds is 3. The Balaban J connectivity index is 1.86. The van der Waals surface area contributed by atoms with E-state index in [-0.39, 0.29) is 12.6 Å². The number of hydrogen-bond donors (Lipinski definition) is 1. The van der Waals surface area contributed by atoms with Crippen LogP contribution < -0.4 is 4.90 Å². The molecule has 6 nitrogen and oxygen atoms in total. The fraction of sp³-hybridized carbons (Fsp3) is 0.462. The van der Waals surface area contributed by atoms with Crippen LogP contribution in [0.5, 0.6) is 0 Å². The van der Waals surface area contributed by atoms with Gasteiger partial charge < -0.3 is 14.5 Å². The normalized spacial score (nSPS) is 19.1. The van der Waals surface area contributed by atoms with Crippen LogP contribution in [0.4, 0.5) is 5.82 Å². The predicted molar refractivity (Wildman–Crippen MR) is 68.5 cm³/mol. The lowest BCUT2D eigenvalue weighted by Gasteiger charge is -2.23. The molecule has 1 saturated heterocycles. The first-order chi connectivity index (χ1) is 9.28. The molecule has 6 heteroatoms. The number of anilines is 1. The Morgan fingerprint density at radius 2 is 2.32 bits per heavy atom. The molecule has 0 aliphatic carbocycles. The molecule has 2 aromatic heterocycles. The van der Waals surface area contributed by atoms with Crippen LogP contribution in [0, 0.1) is 6.92 Å². The molecule has 0 spiro atoms. The highest BCUT2D eigenvalue weighted by molar-refractivity contribution is 5.41. The van der Waals surface area contributed by atoms with Gasteiger partial charge in [0.1, 0.15) is 17.3 Å². The van der Waals surface area contributed by atoms with Gasteiger partial charge in [0.15, 0.2) is 0 Å². The van der Waals surface area contributed by atoms with Crippen molar-refractivity contribution in [2.24, 2.45) is 0 Å². The molecule has 1 aliphatic heterocycles. The summed E-state index contributed by atoms with van der Waals surface area (Å²) in [7, 11) is 0. The Morgan fingerprint density at radius 3 is 2.95 bits per heavy atom.